The first kappa shape index (κ1) is 14.8. The molecule has 0 radical (unpaired) electrons. The fourth-order valence-corrected chi connectivity index (χ4v) is 2.52. The van der Waals surface area contributed by atoms with Gasteiger partial charge in [0.25, 0.3) is 5.91 Å². The molecule has 0 bridgehead atoms. The summed E-state index contributed by atoms with van der Waals surface area (Å²) < 4.78 is 10.5. The molecule has 116 valence electrons. The average molecular weight is 300 g/mol. The summed E-state index contributed by atoms with van der Waals surface area (Å²) in [5, 5.41) is 6.74. The van der Waals surface area contributed by atoms with Gasteiger partial charge in [0, 0.05) is 31.6 Å². The van der Waals surface area contributed by atoms with E-state index in [9.17, 15) is 4.79 Å². The van der Waals surface area contributed by atoms with Crippen molar-refractivity contribution in [3.8, 4) is 0 Å². The van der Waals surface area contributed by atoms with Crippen LogP contribution in [0.3, 0.4) is 0 Å². The van der Waals surface area contributed by atoms with Crippen LogP contribution >= 0.6 is 0 Å². The molecule has 2 heterocycles. The zero-order valence-electron chi connectivity index (χ0n) is 12.5. The van der Waals surface area contributed by atoms with Crippen molar-refractivity contribution in [2.45, 2.75) is 19.3 Å². The molecule has 1 aromatic heterocycles. The predicted molar refractivity (Wildman–Crippen MR) is 81.6 cm³/mol. The first-order chi connectivity index (χ1) is 10.8. The van der Waals surface area contributed by atoms with Crippen molar-refractivity contribution in [2.75, 3.05) is 19.8 Å². The lowest BCUT2D eigenvalue weighted by molar-refractivity contribution is 0.0936. The summed E-state index contributed by atoms with van der Waals surface area (Å²) in [5.41, 5.74) is 1.59. The zero-order chi connectivity index (χ0) is 15.2. The third-order valence-corrected chi connectivity index (χ3v) is 3.87. The number of carbonyl (C=O) groups is 1. The van der Waals surface area contributed by atoms with Crippen molar-refractivity contribution in [1.29, 1.82) is 0 Å². The molecule has 1 saturated heterocycles. The summed E-state index contributed by atoms with van der Waals surface area (Å²) in [6.07, 6.45) is 2.61. The number of benzene rings is 1. The minimum atomic E-state index is -0.179. The minimum Gasteiger partial charge on any atom is -0.381 e. The number of aryl methyl sites for hydroxylation is 2. The summed E-state index contributed by atoms with van der Waals surface area (Å²) in [6, 6.07) is 11.9. The first-order valence-electron chi connectivity index (χ1n) is 7.67. The monoisotopic (exact) mass is 300 g/mol. The van der Waals surface area contributed by atoms with Crippen LogP contribution in [-0.4, -0.2) is 30.8 Å². The fraction of sp³-hybridized carbons (Fsp3) is 0.412. The zero-order valence-corrected chi connectivity index (χ0v) is 12.5. The molecule has 0 aliphatic carbocycles. The van der Waals surface area contributed by atoms with Crippen LogP contribution in [0.4, 0.5) is 0 Å². The highest BCUT2D eigenvalue weighted by Gasteiger charge is 2.18. The molecular weight excluding hydrogens is 280 g/mol. The van der Waals surface area contributed by atoms with Gasteiger partial charge in [-0.1, -0.05) is 35.5 Å². The molecule has 22 heavy (non-hydrogen) atoms. The second-order valence-corrected chi connectivity index (χ2v) is 5.60. The van der Waals surface area contributed by atoms with Gasteiger partial charge in [0.05, 0.1) is 6.61 Å². The van der Waals surface area contributed by atoms with Crippen molar-refractivity contribution in [3.05, 3.63) is 53.4 Å². The molecule has 1 aromatic carbocycles. The van der Waals surface area contributed by atoms with E-state index in [2.05, 4.69) is 22.6 Å². The molecule has 1 atom stereocenters. The number of carbonyl (C=O) groups excluding carboxylic acids is 1. The lowest BCUT2D eigenvalue weighted by atomic mass is 10.1. The van der Waals surface area contributed by atoms with E-state index >= 15 is 0 Å². The fourth-order valence-electron chi connectivity index (χ4n) is 2.52. The molecule has 5 nitrogen and oxygen atoms in total. The highest BCUT2D eigenvalue weighted by atomic mass is 16.5. The molecule has 1 amide bonds. The maximum atomic E-state index is 12.0. The van der Waals surface area contributed by atoms with E-state index < -0.39 is 0 Å². The van der Waals surface area contributed by atoms with Crippen molar-refractivity contribution in [1.82, 2.24) is 10.5 Å². The number of ether oxygens (including phenoxy) is 1. The van der Waals surface area contributed by atoms with Crippen molar-refractivity contribution in [2.24, 2.45) is 5.92 Å². The normalized spacial score (nSPS) is 17.5. The molecule has 1 N–H and O–H groups in total. The number of nitrogens with one attached hydrogen (secondary N) is 1. The van der Waals surface area contributed by atoms with E-state index in [1.807, 2.05) is 18.2 Å². The molecule has 1 aliphatic rings. The number of hydrogen-bond acceptors (Lipinski definition) is 4. The van der Waals surface area contributed by atoms with Crippen LogP contribution in [0.1, 0.15) is 28.2 Å². The summed E-state index contributed by atoms with van der Waals surface area (Å²) in [5.74, 6) is 0.966. The molecular formula is C17H20N2O3. The lowest BCUT2D eigenvalue weighted by Gasteiger charge is -2.07. The van der Waals surface area contributed by atoms with Gasteiger partial charge in [0.15, 0.2) is 5.69 Å². The van der Waals surface area contributed by atoms with Gasteiger partial charge < -0.3 is 14.6 Å². The van der Waals surface area contributed by atoms with Gasteiger partial charge in [-0.25, -0.2) is 0 Å². The van der Waals surface area contributed by atoms with Crippen molar-refractivity contribution < 1.29 is 14.1 Å². The van der Waals surface area contributed by atoms with Crippen LogP contribution in [0.5, 0.6) is 0 Å². The SMILES string of the molecule is O=C(NCC1CCOC1)c1cc(CCc2ccccc2)on1. The van der Waals surface area contributed by atoms with Crippen LogP contribution < -0.4 is 5.32 Å². The molecule has 3 rings (SSSR count). The lowest BCUT2D eigenvalue weighted by Crippen LogP contribution is -2.29. The van der Waals surface area contributed by atoms with Gasteiger partial charge >= 0.3 is 0 Å². The van der Waals surface area contributed by atoms with E-state index in [-0.39, 0.29) is 5.91 Å². The van der Waals surface area contributed by atoms with Gasteiger partial charge in [0.1, 0.15) is 5.76 Å². The Hall–Kier alpha value is -2.14. The molecule has 0 saturated carbocycles. The Kier molecular flexibility index (Phi) is 4.85. The summed E-state index contributed by atoms with van der Waals surface area (Å²) in [4.78, 5) is 12.0. The smallest absolute Gasteiger partial charge is 0.273 e. The second-order valence-electron chi connectivity index (χ2n) is 5.60. The van der Waals surface area contributed by atoms with Gasteiger partial charge in [-0.15, -0.1) is 0 Å². The van der Waals surface area contributed by atoms with Crippen molar-refractivity contribution >= 4 is 5.91 Å². The number of nitrogens with zero attached hydrogens (tertiary/aromatic N) is 1. The van der Waals surface area contributed by atoms with E-state index in [1.165, 1.54) is 5.56 Å². The van der Waals surface area contributed by atoms with Crippen molar-refractivity contribution in [3.63, 3.8) is 0 Å². The van der Waals surface area contributed by atoms with Crippen LogP contribution in [0.2, 0.25) is 0 Å². The Morgan fingerprint density at radius 2 is 2.14 bits per heavy atom. The third-order valence-electron chi connectivity index (χ3n) is 3.87. The summed E-state index contributed by atoms with van der Waals surface area (Å²) >= 11 is 0. The van der Waals surface area contributed by atoms with Gasteiger partial charge in [-0.2, -0.15) is 0 Å². The highest BCUT2D eigenvalue weighted by molar-refractivity contribution is 5.92. The predicted octanol–water partition coefficient (Wildman–Crippen LogP) is 2.23. The number of rotatable bonds is 6. The Morgan fingerprint density at radius 1 is 1.27 bits per heavy atom. The van der Waals surface area contributed by atoms with E-state index in [4.69, 9.17) is 9.26 Å². The summed E-state index contributed by atoms with van der Waals surface area (Å²) in [6.45, 7) is 2.14. The number of amides is 1. The molecule has 1 fully saturated rings. The molecule has 1 aliphatic heterocycles. The van der Waals surface area contributed by atoms with Crippen LogP contribution in [-0.2, 0) is 17.6 Å². The Balaban J connectivity index is 1.48. The standard InChI is InChI=1S/C17H20N2O3/c20-17(18-11-14-8-9-21-12-14)16-10-15(22-19-16)7-6-13-4-2-1-3-5-13/h1-5,10,14H,6-9,11-12H2,(H,18,20). The van der Waals surface area contributed by atoms with Crippen LogP contribution in [0.15, 0.2) is 40.9 Å². The first-order valence-corrected chi connectivity index (χ1v) is 7.67. The number of hydrogen-bond donors (Lipinski definition) is 1. The third kappa shape index (κ3) is 3.95. The van der Waals surface area contributed by atoms with Gasteiger partial charge in [-0.05, 0) is 18.4 Å². The van der Waals surface area contributed by atoms with Gasteiger partial charge in [0.2, 0.25) is 0 Å². The van der Waals surface area contributed by atoms with Crippen LogP contribution in [0, 0.1) is 5.92 Å². The maximum absolute atomic E-state index is 12.0. The molecule has 0 spiro atoms. The van der Waals surface area contributed by atoms with Gasteiger partial charge in [-0.3, -0.25) is 4.79 Å². The Morgan fingerprint density at radius 3 is 2.91 bits per heavy atom. The minimum absolute atomic E-state index is 0.179. The van der Waals surface area contributed by atoms with Crippen LogP contribution in [0.25, 0.3) is 0 Å². The second kappa shape index (κ2) is 7.22. The average Bonchev–Trinajstić information content (AvgIpc) is 3.23. The maximum Gasteiger partial charge on any atom is 0.273 e. The Labute approximate surface area is 129 Å². The molecule has 1 unspecified atom stereocenters. The topological polar surface area (TPSA) is 64.4 Å². The highest BCUT2D eigenvalue weighted by Crippen LogP contribution is 2.12. The number of aromatic nitrogens is 1. The largest absolute Gasteiger partial charge is 0.381 e. The Bertz CT molecular complexity index is 603. The van der Waals surface area contributed by atoms with E-state index in [1.54, 1.807) is 6.07 Å². The van der Waals surface area contributed by atoms with E-state index in [0.29, 0.717) is 18.2 Å². The molecule has 2 aromatic rings. The summed E-state index contributed by atoms with van der Waals surface area (Å²) in [7, 11) is 0. The quantitative estimate of drug-likeness (QED) is 0.888. The van der Waals surface area contributed by atoms with E-state index in [0.717, 1.165) is 38.2 Å². The molecule has 5 heteroatoms.